The van der Waals surface area contributed by atoms with Gasteiger partial charge in [-0.05, 0) is 38.8 Å². The zero-order valence-electron chi connectivity index (χ0n) is 18.2. The van der Waals surface area contributed by atoms with Gasteiger partial charge in [-0.25, -0.2) is 9.59 Å². The fourth-order valence-corrected chi connectivity index (χ4v) is 2.94. The third kappa shape index (κ3) is 6.47. The minimum Gasteiger partial charge on any atom is -0.444 e. The fraction of sp³-hybridized carbons (Fsp3) is 0.524. The van der Waals surface area contributed by atoms with Crippen LogP contribution in [0.2, 0.25) is 0 Å². The van der Waals surface area contributed by atoms with E-state index in [0.717, 1.165) is 10.5 Å². The highest BCUT2D eigenvalue weighted by atomic mass is 16.6. The van der Waals surface area contributed by atoms with Crippen molar-refractivity contribution in [3.05, 3.63) is 29.8 Å². The average molecular weight is 418 g/mol. The largest absolute Gasteiger partial charge is 0.444 e. The van der Waals surface area contributed by atoms with E-state index in [2.05, 4.69) is 5.32 Å². The van der Waals surface area contributed by atoms with E-state index < -0.39 is 11.7 Å². The minimum absolute atomic E-state index is 0.0730. The highest BCUT2D eigenvalue weighted by molar-refractivity contribution is 6.01. The molecule has 2 rings (SSSR count). The second kappa shape index (κ2) is 9.60. The lowest BCUT2D eigenvalue weighted by Crippen LogP contribution is -2.34. The Hall–Kier alpha value is -3.10. The monoisotopic (exact) mass is 418 g/mol. The van der Waals surface area contributed by atoms with Crippen LogP contribution in [0, 0.1) is 0 Å². The predicted octanol–water partition coefficient (Wildman–Crippen LogP) is 2.67. The molecule has 1 aromatic rings. The SMILES string of the molecule is CN(Cc1ccccc1NC(=O)CCCN1C(=O)CN(C)C1=O)C(=O)OC(C)(C)C. The Morgan fingerprint density at radius 3 is 2.47 bits per heavy atom. The summed E-state index contributed by atoms with van der Waals surface area (Å²) < 4.78 is 5.36. The molecule has 9 nitrogen and oxygen atoms in total. The average Bonchev–Trinajstić information content (AvgIpc) is 2.88. The fourth-order valence-electron chi connectivity index (χ4n) is 2.94. The molecule has 1 saturated heterocycles. The van der Waals surface area contributed by atoms with Crippen LogP contribution in [0.3, 0.4) is 0 Å². The molecule has 1 heterocycles. The van der Waals surface area contributed by atoms with Gasteiger partial charge in [-0.3, -0.25) is 14.5 Å². The maximum absolute atomic E-state index is 12.4. The second-order valence-electron chi connectivity index (χ2n) is 8.33. The summed E-state index contributed by atoms with van der Waals surface area (Å²) in [5.74, 6) is -0.478. The summed E-state index contributed by atoms with van der Waals surface area (Å²) in [7, 11) is 3.20. The molecule has 0 aromatic heterocycles. The maximum Gasteiger partial charge on any atom is 0.410 e. The molecule has 0 unspecified atom stereocenters. The summed E-state index contributed by atoms with van der Waals surface area (Å²) in [5, 5.41) is 2.84. The topological polar surface area (TPSA) is 99.3 Å². The van der Waals surface area contributed by atoms with Gasteiger partial charge in [0, 0.05) is 32.7 Å². The first-order valence-corrected chi connectivity index (χ1v) is 9.85. The van der Waals surface area contributed by atoms with E-state index >= 15 is 0 Å². The molecule has 0 aliphatic carbocycles. The van der Waals surface area contributed by atoms with Crippen LogP contribution >= 0.6 is 0 Å². The number of hydrogen-bond donors (Lipinski definition) is 1. The van der Waals surface area contributed by atoms with Crippen molar-refractivity contribution in [2.75, 3.05) is 32.5 Å². The van der Waals surface area contributed by atoms with Crippen LogP contribution in [-0.4, -0.2) is 71.4 Å². The van der Waals surface area contributed by atoms with Crippen molar-refractivity contribution in [3.8, 4) is 0 Å². The second-order valence-corrected chi connectivity index (χ2v) is 8.33. The van der Waals surface area contributed by atoms with Gasteiger partial charge in [0.1, 0.15) is 12.1 Å². The smallest absolute Gasteiger partial charge is 0.410 e. The van der Waals surface area contributed by atoms with E-state index in [-0.39, 0.29) is 43.9 Å². The Morgan fingerprint density at radius 2 is 1.87 bits per heavy atom. The van der Waals surface area contributed by atoms with Gasteiger partial charge in [-0.2, -0.15) is 0 Å². The molecule has 1 aliphatic heterocycles. The van der Waals surface area contributed by atoms with Gasteiger partial charge in [-0.1, -0.05) is 18.2 Å². The van der Waals surface area contributed by atoms with Crippen LogP contribution in [0.25, 0.3) is 0 Å². The van der Waals surface area contributed by atoms with Crippen LogP contribution in [0.5, 0.6) is 0 Å². The number of urea groups is 1. The summed E-state index contributed by atoms with van der Waals surface area (Å²) in [6.45, 7) is 5.95. The summed E-state index contributed by atoms with van der Waals surface area (Å²) in [6.07, 6.45) is 0.0854. The van der Waals surface area contributed by atoms with E-state index in [9.17, 15) is 19.2 Å². The summed E-state index contributed by atoms with van der Waals surface area (Å²) in [6, 6.07) is 6.88. The summed E-state index contributed by atoms with van der Waals surface area (Å²) in [4.78, 5) is 52.1. The third-order valence-electron chi connectivity index (χ3n) is 4.42. The van der Waals surface area contributed by atoms with Gasteiger partial charge in [0.2, 0.25) is 11.8 Å². The standard InChI is InChI=1S/C21H30N4O5/c1-21(2,3)30-20(29)24(5)13-15-9-6-7-10-16(15)22-17(26)11-8-12-25-18(27)14-23(4)19(25)28/h6-7,9-10H,8,11-14H2,1-5H3,(H,22,26). The molecule has 0 spiro atoms. The van der Waals surface area contributed by atoms with Gasteiger partial charge in [0.25, 0.3) is 0 Å². The Kier molecular flexibility index (Phi) is 7.42. The Morgan fingerprint density at radius 1 is 1.20 bits per heavy atom. The van der Waals surface area contributed by atoms with Crippen LogP contribution < -0.4 is 5.32 Å². The zero-order chi connectivity index (χ0) is 22.5. The molecule has 164 valence electrons. The molecule has 5 amide bonds. The number of benzene rings is 1. The van der Waals surface area contributed by atoms with E-state index in [1.807, 2.05) is 12.1 Å². The van der Waals surface area contributed by atoms with Crippen LogP contribution in [-0.2, 0) is 20.9 Å². The van der Waals surface area contributed by atoms with Crippen molar-refractivity contribution in [3.63, 3.8) is 0 Å². The van der Waals surface area contributed by atoms with Crippen molar-refractivity contribution in [1.29, 1.82) is 0 Å². The van der Waals surface area contributed by atoms with Gasteiger partial charge < -0.3 is 19.9 Å². The van der Waals surface area contributed by atoms with Crippen molar-refractivity contribution in [1.82, 2.24) is 14.7 Å². The molecule has 30 heavy (non-hydrogen) atoms. The Balaban J connectivity index is 1.89. The first-order chi connectivity index (χ1) is 14.0. The van der Waals surface area contributed by atoms with Gasteiger partial charge in [-0.15, -0.1) is 0 Å². The zero-order valence-corrected chi connectivity index (χ0v) is 18.2. The van der Waals surface area contributed by atoms with Gasteiger partial charge >= 0.3 is 12.1 Å². The number of imide groups is 1. The summed E-state index contributed by atoms with van der Waals surface area (Å²) in [5.41, 5.74) is 0.781. The lowest BCUT2D eigenvalue weighted by molar-refractivity contribution is -0.125. The van der Waals surface area contributed by atoms with E-state index in [0.29, 0.717) is 12.1 Å². The van der Waals surface area contributed by atoms with Crippen molar-refractivity contribution in [2.45, 2.75) is 45.8 Å². The van der Waals surface area contributed by atoms with Gasteiger partial charge in [0.15, 0.2) is 0 Å². The van der Waals surface area contributed by atoms with Crippen LogP contribution in [0.1, 0.15) is 39.2 Å². The molecular formula is C21H30N4O5. The first kappa shape index (κ1) is 23.2. The minimum atomic E-state index is -0.591. The number of ether oxygens (including phenoxy) is 1. The van der Waals surface area contributed by atoms with E-state index in [4.69, 9.17) is 4.74 Å². The van der Waals surface area contributed by atoms with Crippen molar-refractivity contribution < 1.29 is 23.9 Å². The molecule has 0 radical (unpaired) electrons. The molecule has 9 heteroatoms. The third-order valence-corrected chi connectivity index (χ3v) is 4.42. The molecular weight excluding hydrogens is 388 g/mol. The quantitative estimate of drug-likeness (QED) is 0.687. The highest BCUT2D eigenvalue weighted by Crippen LogP contribution is 2.19. The van der Waals surface area contributed by atoms with Crippen molar-refractivity contribution in [2.24, 2.45) is 0 Å². The number of anilines is 1. The highest BCUT2D eigenvalue weighted by Gasteiger charge is 2.32. The lowest BCUT2D eigenvalue weighted by Gasteiger charge is -2.25. The number of amides is 5. The number of nitrogens with zero attached hydrogens (tertiary/aromatic N) is 3. The van der Waals surface area contributed by atoms with Gasteiger partial charge in [0.05, 0.1) is 6.54 Å². The molecule has 0 atom stereocenters. The van der Waals surface area contributed by atoms with E-state index in [1.165, 1.54) is 9.80 Å². The Labute approximate surface area is 176 Å². The normalized spacial score (nSPS) is 14.2. The number of rotatable bonds is 7. The van der Waals surface area contributed by atoms with E-state index in [1.54, 1.807) is 47.0 Å². The predicted molar refractivity (Wildman–Crippen MR) is 112 cm³/mol. The molecule has 1 fully saturated rings. The number of nitrogens with one attached hydrogen (secondary N) is 1. The number of carbonyl (C=O) groups is 4. The number of likely N-dealkylation sites (N-methyl/N-ethyl adjacent to an activating group) is 1. The summed E-state index contributed by atoms with van der Waals surface area (Å²) >= 11 is 0. The van der Waals surface area contributed by atoms with Crippen LogP contribution in [0.15, 0.2) is 24.3 Å². The maximum atomic E-state index is 12.4. The first-order valence-electron chi connectivity index (χ1n) is 9.85. The molecule has 1 aliphatic rings. The lowest BCUT2D eigenvalue weighted by atomic mass is 10.1. The molecule has 1 aromatic carbocycles. The molecule has 0 saturated carbocycles. The Bertz CT molecular complexity index is 818. The number of para-hydroxylation sites is 1. The number of carbonyl (C=O) groups excluding carboxylic acids is 4. The van der Waals surface area contributed by atoms with Crippen LogP contribution in [0.4, 0.5) is 15.3 Å². The van der Waals surface area contributed by atoms with Crippen molar-refractivity contribution >= 4 is 29.6 Å². The molecule has 1 N–H and O–H groups in total. The number of hydrogen-bond acceptors (Lipinski definition) is 5. The molecule has 0 bridgehead atoms.